The van der Waals surface area contributed by atoms with E-state index in [-0.39, 0.29) is 13.0 Å². The maximum atomic E-state index is 11.5. The van der Waals surface area contributed by atoms with Crippen molar-refractivity contribution in [1.29, 1.82) is 0 Å². The van der Waals surface area contributed by atoms with Gasteiger partial charge in [-0.25, -0.2) is 0 Å². The molecular weight excluding hydrogens is 364 g/mol. The second-order valence-electron chi connectivity index (χ2n) is 7.95. The van der Waals surface area contributed by atoms with Crippen LogP contribution in [0.25, 0.3) is 0 Å². The summed E-state index contributed by atoms with van der Waals surface area (Å²) in [6.45, 7) is 5.85. The standard InChI is InChI=1S/C25H44O4/c1-3-5-6-7-8-9-10-11-12-13-14-15-16-17-18-19-20-23(25(27)28)22-24(26)29-21-4-2/h4,18-19,23H,2-3,5-17,20-22H2,1H3,(H,27,28)/b19-18+. The molecule has 0 aliphatic carbocycles. The van der Waals surface area contributed by atoms with Gasteiger partial charge >= 0.3 is 11.9 Å². The van der Waals surface area contributed by atoms with Gasteiger partial charge in [-0.15, -0.1) is 0 Å². The van der Waals surface area contributed by atoms with Crippen LogP contribution >= 0.6 is 0 Å². The predicted molar refractivity (Wildman–Crippen MR) is 121 cm³/mol. The predicted octanol–water partition coefficient (Wildman–Crippen LogP) is 7.23. The van der Waals surface area contributed by atoms with Crippen molar-refractivity contribution < 1.29 is 19.4 Å². The molecule has 0 aliphatic rings. The average Bonchev–Trinajstić information content (AvgIpc) is 2.70. The van der Waals surface area contributed by atoms with Gasteiger partial charge in [-0.2, -0.15) is 0 Å². The third kappa shape index (κ3) is 19.5. The molecule has 0 radical (unpaired) electrons. The molecule has 0 bridgehead atoms. The second kappa shape index (κ2) is 21.1. The fourth-order valence-corrected chi connectivity index (χ4v) is 3.34. The monoisotopic (exact) mass is 408 g/mol. The lowest BCUT2D eigenvalue weighted by atomic mass is 10.0. The second-order valence-corrected chi connectivity index (χ2v) is 7.95. The number of carboxylic acids is 1. The van der Waals surface area contributed by atoms with E-state index in [9.17, 15) is 14.7 Å². The Balaban J connectivity index is 3.54. The minimum atomic E-state index is -0.953. The molecular formula is C25H44O4. The molecule has 0 saturated heterocycles. The number of hydrogen-bond donors (Lipinski definition) is 1. The molecule has 0 rings (SSSR count). The van der Waals surface area contributed by atoms with Gasteiger partial charge in [-0.1, -0.05) is 109 Å². The normalized spacial score (nSPS) is 12.2. The van der Waals surface area contributed by atoms with E-state index in [2.05, 4.69) is 13.5 Å². The highest BCUT2D eigenvalue weighted by Gasteiger charge is 2.20. The van der Waals surface area contributed by atoms with Crippen LogP contribution < -0.4 is 0 Å². The van der Waals surface area contributed by atoms with E-state index in [0.29, 0.717) is 6.42 Å². The van der Waals surface area contributed by atoms with E-state index in [1.165, 1.54) is 83.1 Å². The van der Waals surface area contributed by atoms with Crippen LogP contribution in [0.2, 0.25) is 0 Å². The van der Waals surface area contributed by atoms with E-state index in [1.807, 2.05) is 12.2 Å². The maximum absolute atomic E-state index is 11.5. The minimum absolute atomic E-state index is 0.0910. The molecule has 1 N–H and O–H groups in total. The molecule has 0 spiro atoms. The number of aliphatic carboxylic acids is 1. The van der Waals surface area contributed by atoms with Crippen molar-refractivity contribution in [1.82, 2.24) is 0 Å². The summed E-state index contributed by atoms with van der Waals surface area (Å²) in [6, 6.07) is 0. The zero-order valence-electron chi connectivity index (χ0n) is 18.7. The Morgan fingerprint density at radius 2 is 1.38 bits per heavy atom. The topological polar surface area (TPSA) is 63.6 Å². The van der Waals surface area contributed by atoms with Crippen molar-refractivity contribution in [3.8, 4) is 0 Å². The van der Waals surface area contributed by atoms with Gasteiger partial charge in [0.25, 0.3) is 0 Å². The number of carboxylic acid groups (broad SMARTS) is 1. The molecule has 1 unspecified atom stereocenters. The number of hydrogen-bond acceptors (Lipinski definition) is 3. The molecule has 4 nitrogen and oxygen atoms in total. The molecule has 168 valence electrons. The van der Waals surface area contributed by atoms with E-state index in [1.54, 1.807) is 0 Å². The summed E-state index contributed by atoms with van der Waals surface area (Å²) >= 11 is 0. The summed E-state index contributed by atoms with van der Waals surface area (Å²) in [4.78, 5) is 22.8. The third-order valence-electron chi connectivity index (χ3n) is 5.19. The van der Waals surface area contributed by atoms with Crippen molar-refractivity contribution >= 4 is 11.9 Å². The Morgan fingerprint density at radius 1 is 0.862 bits per heavy atom. The van der Waals surface area contributed by atoms with Gasteiger partial charge in [0, 0.05) is 0 Å². The Labute approximate surface area is 178 Å². The first-order chi connectivity index (χ1) is 14.1. The average molecular weight is 409 g/mol. The quantitative estimate of drug-likeness (QED) is 0.124. The van der Waals surface area contributed by atoms with E-state index in [4.69, 9.17) is 4.74 Å². The minimum Gasteiger partial charge on any atom is -0.481 e. The highest BCUT2D eigenvalue weighted by molar-refractivity contribution is 5.78. The lowest BCUT2D eigenvalue weighted by Crippen LogP contribution is -2.19. The van der Waals surface area contributed by atoms with Gasteiger partial charge in [0.15, 0.2) is 0 Å². The molecule has 0 saturated carbocycles. The van der Waals surface area contributed by atoms with Crippen LogP contribution in [0.15, 0.2) is 24.8 Å². The molecule has 0 amide bonds. The van der Waals surface area contributed by atoms with Gasteiger partial charge in [-0.3, -0.25) is 9.59 Å². The Hall–Kier alpha value is -1.58. The first kappa shape index (κ1) is 27.4. The first-order valence-electron chi connectivity index (χ1n) is 11.8. The highest BCUT2D eigenvalue weighted by atomic mass is 16.5. The molecule has 0 heterocycles. The molecule has 0 aromatic heterocycles. The molecule has 0 aromatic rings. The molecule has 0 aromatic carbocycles. The van der Waals surface area contributed by atoms with Crippen molar-refractivity contribution in [2.45, 2.75) is 110 Å². The van der Waals surface area contributed by atoms with Crippen LogP contribution in [-0.4, -0.2) is 23.7 Å². The lowest BCUT2D eigenvalue weighted by Gasteiger charge is -2.09. The molecule has 29 heavy (non-hydrogen) atoms. The molecule has 0 aliphatic heterocycles. The van der Waals surface area contributed by atoms with Crippen LogP contribution in [0, 0.1) is 5.92 Å². The lowest BCUT2D eigenvalue weighted by molar-refractivity contribution is -0.150. The van der Waals surface area contributed by atoms with Crippen molar-refractivity contribution in [3.05, 3.63) is 24.8 Å². The van der Waals surface area contributed by atoms with Crippen LogP contribution in [0.4, 0.5) is 0 Å². The fraction of sp³-hybridized carbons (Fsp3) is 0.760. The number of allylic oxidation sites excluding steroid dienone is 2. The van der Waals surface area contributed by atoms with Crippen LogP contribution in [0.3, 0.4) is 0 Å². The summed E-state index contributed by atoms with van der Waals surface area (Å²) in [5, 5.41) is 9.21. The van der Waals surface area contributed by atoms with Crippen LogP contribution in [0.1, 0.15) is 110 Å². The number of rotatable bonds is 21. The van der Waals surface area contributed by atoms with Crippen molar-refractivity contribution in [2.24, 2.45) is 5.92 Å². The van der Waals surface area contributed by atoms with E-state index < -0.39 is 17.9 Å². The first-order valence-corrected chi connectivity index (χ1v) is 11.8. The van der Waals surface area contributed by atoms with Gasteiger partial charge in [0.05, 0.1) is 12.3 Å². The largest absolute Gasteiger partial charge is 0.481 e. The molecule has 0 fully saturated rings. The zero-order chi connectivity index (χ0) is 21.6. The van der Waals surface area contributed by atoms with Crippen LogP contribution in [-0.2, 0) is 14.3 Å². The van der Waals surface area contributed by atoms with Crippen molar-refractivity contribution in [3.63, 3.8) is 0 Å². The zero-order valence-corrected chi connectivity index (χ0v) is 18.7. The van der Waals surface area contributed by atoms with Gasteiger partial charge < -0.3 is 9.84 Å². The summed E-state index contributed by atoms with van der Waals surface area (Å²) in [5.74, 6) is -2.15. The van der Waals surface area contributed by atoms with E-state index >= 15 is 0 Å². The Kier molecular flexibility index (Phi) is 20.0. The molecule has 4 heteroatoms. The smallest absolute Gasteiger partial charge is 0.307 e. The van der Waals surface area contributed by atoms with Gasteiger partial charge in [0.1, 0.15) is 6.61 Å². The Bertz CT molecular complexity index is 442. The summed E-state index contributed by atoms with van der Waals surface area (Å²) < 4.78 is 4.86. The summed E-state index contributed by atoms with van der Waals surface area (Å²) in [5.41, 5.74) is 0. The van der Waals surface area contributed by atoms with E-state index in [0.717, 1.165) is 12.8 Å². The summed E-state index contributed by atoms with van der Waals surface area (Å²) in [6.07, 6.45) is 24.1. The van der Waals surface area contributed by atoms with Gasteiger partial charge in [0.2, 0.25) is 0 Å². The molecule has 1 atom stereocenters. The Morgan fingerprint density at radius 3 is 1.86 bits per heavy atom. The number of ether oxygens (including phenoxy) is 1. The van der Waals surface area contributed by atoms with Crippen molar-refractivity contribution in [2.75, 3.05) is 6.61 Å². The van der Waals surface area contributed by atoms with Crippen LogP contribution in [0.5, 0.6) is 0 Å². The fourth-order valence-electron chi connectivity index (χ4n) is 3.34. The third-order valence-corrected chi connectivity index (χ3v) is 5.19. The number of esters is 1. The SMILES string of the molecule is C=CCOC(=O)CC(C/C=C/CCCCCCCCCCCCCCC)C(=O)O. The number of carbonyl (C=O) groups excluding carboxylic acids is 1. The maximum Gasteiger partial charge on any atom is 0.307 e. The highest BCUT2D eigenvalue weighted by Crippen LogP contribution is 2.14. The summed E-state index contributed by atoms with van der Waals surface area (Å²) in [7, 11) is 0. The number of carbonyl (C=O) groups is 2. The van der Waals surface area contributed by atoms with Gasteiger partial charge in [-0.05, 0) is 19.3 Å². The number of unbranched alkanes of at least 4 members (excludes halogenated alkanes) is 13.